The van der Waals surface area contributed by atoms with Gasteiger partial charge in [0.2, 0.25) is 0 Å². The highest BCUT2D eigenvalue weighted by Crippen LogP contribution is 2.33. The quantitative estimate of drug-likeness (QED) is 0.518. The summed E-state index contributed by atoms with van der Waals surface area (Å²) in [4.78, 5) is 11.4. The van der Waals surface area contributed by atoms with Crippen LogP contribution in [0.5, 0.6) is 0 Å². The fourth-order valence-corrected chi connectivity index (χ4v) is 2.32. The molecule has 0 radical (unpaired) electrons. The first-order valence-electron chi connectivity index (χ1n) is 4.98. The summed E-state index contributed by atoms with van der Waals surface area (Å²) in [5, 5.41) is 0. The van der Waals surface area contributed by atoms with E-state index in [9.17, 15) is 4.79 Å². The van der Waals surface area contributed by atoms with E-state index in [0.717, 1.165) is 19.3 Å². The molecule has 2 unspecified atom stereocenters. The third kappa shape index (κ3) is 1.35. The molecule has 0 spiro atoms. The summed E-state index contributed by atoms with van der Waals surface area (Å²) in [6, 6.07) is 0. The van der Waals surface area contributed by atoms with E-state index in [1.807, 2.05) is 0 Å². The second-order valence-corrected chi connectivity index (χ2v) is 4.16. The fourth-order valence-electron chi connectivity index (χ4n) is 2.32. The SMILES string of the molecule is CC1CCCC2CC[C@H]1OC2=O. The molecule has 12 heavy (non-hydrogen) atoms. The Morgan fingerprint density at radius 1 is 1.25 bits per heavy atom. The van der Waals surface area contributed by atoms with Gasteiger partial charge in [-0.05, 0) is 31.6 Å². The van der Waals surface area contributed by atoms with Gasteiger partial charge in [0.15, 0.2) is 0 Å². The van der Waals surface area contributed by atoms with Crippen LogP contribution in [0.1, 0.15) is 39.0 Å². The molecule has 1 saturated carbocycles. The molecule has 2 nitrogen and oxygen atoms in total. The van der Waals surface area contributed by atoms with Crippen molar-refractivity contribution < 1.29 is 9.53 Å². The van der Waals surface area contributed by atoms with Gasteiger partial charge in [-0.25, -0.2) is 0 Å². The van der Waals surface area contributed by atoms with E-state index in [1.165, 1.54) is 12.8 Å². The van der Waals surface area contributed by atoms with Crippen LogP contribution in [-0.4, -0.2) is 12.1 Å². The topological polar surface area (TPSA) is 26.3 Å². The molecule has 2 bridgehead atoms. The van der Waals surface area contributed by atoms with E-state index < -0.39 is 0 Å². The Bertz CT molecular complexity index is 186. The zero-order valence-corrected chi connectivity index (χ0v) is 7.58. The Hall–Kier alpha value is -0.530. The van der Waals surface area contributed by atoms with Gasteiger partial charge >= 0.3 is 5.97 Å². The molecule has 2 heterocycles. The molecule has 2 heteroatoms. The molecule has 3 aliphatic rings. The first-order chi connectivity index (χ1) is 5.77. The summed E-state index contributed by atoms with van der Waals surface area (Å²) in [6.45, 7) is 2.20. The summed E-state index contributed by atoms with van der Waals surface area (Å²) in [5.41, 5.74) is 0. The first kappa shape index (κ1) is 8.09. The zero-order chi connectivity index (χ0) is 8.55. The molecule has 0 aromatic heterocycles. The fraction of sp³-hybridized carbons (Fsp3) is 0.900. The van der Waals surface area contributed by atoms with Gasteiger partial charge in [0, 0.05) is 0 Å². The lowest BCUT2D eigenvalue weighted by molar-refractivity contribution is -0.166. The van der Waals surface area contributed by atoms with E-state index >= 15 is 0 Å². The minimum atomic E-state index is 0.0674. The summed E-state index contributed by atoms with van der Waals surface area (Å²) < 4.78 is 5.36. The molecule has 2 aliphatic heterocycles. The number of carbonyl (C=O) groups excluding carboxylic acids is 1. The van der Waals surface area contributed by atoms with E-state index in [2.05, 4.69) is 6.92 Å². The van der Waals surface area contributed by atoms with Gasteiger partial charge in [-0.1, -0.05) is 13.3 Å². The lowest BCUT2D eigenvalue weighted by Crippen LogP contribution is -2.37. The third-order valence-electron chi connectivity index (χ3n) is 3.25. The van der Waals surface area contributed by atoms with Gasteiger partial charge < -0.3 is 4.74 Å². The summed E-state index contributed by atoms with van der Waals surface area (Å²) in [7, 11) is 0. The van der Waals surface area contributed by atoms with Crippen LogP contribution >= 0.6 is 0 Å². The lowest BCUT2D eigenvalue weighted by Gasteiger charge is -2.34. The second kappa shape index (κ2) is 3.08. The number of esters is 1. The Kier molecular flexibility index (Phi) is 2.07. The van der Waals surface area contributed by atoms with Crippen LogP contribution < -0.4 is 0 Å². The van der Waals surface area contributed by atoms with Gasteiger partial charge in [0.05, 0.1) is 5.92 Å². The van der Waals surface area contributed by atoms with Crippen molar-refractivity contribution in [2.24, 2.45) is 11.8 Å². The third-order valence-corrected chi connectivity index (χ3v) is 3.25. The number of fused-ring (bicyclic) bond motifs is 5. The van der Waals surface area contributed by atoms with E-state index in [0.29, 0.717) is 5.92 Å². The molecule has 3 atom stereocenters. The van der Waals surface area contributed by atoms with Crippen molar-refractivity contribution in [2.75, 3.05) is 0 Å². The van der Waals surface area contributed by atoms with Crippen molar-refractivity contribution in [3.05, 3.63) is 0 Å². The molecule has 0 aromatic rings. The molecule has 0 N–H and O–H groups in total. The Morgan fingerprint density at radius 3 is 2.83 bits per heavy atom. The summed E-state index contributed by atoms with van der Waals surface area (Å²) in [5.74, 6) is 0.877. The van der Waals surface area contributed by atoms with E-state index in [4.69, 9.17) is 4.74 Å². The van der Waals surface area contributed by atoms with E-state index in [1.54, 1.807) is 0 Å². The monoisotopic (exact) mass is 168 g/mol. The largest absolute Gasteiger partial charge is 0.462 e. The predicted octanol–water partition coefficient (Wildman–Crippen LogP) is 2.13. The standard InChI is InChI=1S/C10H16O2/c1-7-3-2-4-8-5-6-9(7)12-10(8)11/h7-9H,2-6H2,1H3/t7?,8?,9-/m1/s1. The maximum Gasteiger partial charge on any atom is 0.309 e. The minimum absolute atomic E-state index is 0.0674. The van der Waals surface area contributed by atoms with Crippen molar-refractivity contribution in [2.45, 2.75) is 45.1 Å². The Labute approximate surface area is 73.3 Å². The van der Waals surface area contributed by atoms with Crippen molar-refractivity contribution in [3.8, 4) is 0 Å². The van der Waals surface area contributed by atoms with Crippen molar-refractivity contribution in [1.29, 1.82) is 0 Å². The molecular weight excluding hydrogens is 152 g/mol. The first-order valence-corrected chi connectivity index (χ1v) is 4.98. The highest BCUT2D eigenvalue weighted by molar-refractivity contribution is 5.73. The van der Waals surface area contributed by atoms with Crippen molar-refractivity contribution in [1.82, 2.24) is 0 Å². The highest BCUT2D eigenvalue weighted by atomic mass is 16.5. The van der Waals surface area contributed by atoms with Gasteiger partial charge in [-0.2, -0.15) is 0 Å². The van der Waals surface area contributed by atoms with Crippen LogP contribution in [0.2, 0.25) is 0 Å². The molecular formula is C10H16O2. The molecule has 2 saturated heterocycles. The van der Waals surface area contributed by atoms with Gasteiger partial charge in [0.1, 0.15) is 6.10 Å². The highest BCUT2D eigenvalue weighted by Gasteiger charge is 2.34. The minimum Gasteiger partial charge on any atom is -0.462 e. The average Bonchev–Trinajstić information content (AvgIpc) is 2.04. The number of rotatable bonds is 0. The molecule has 1 aliphatic carbocycles. The Balaban J connectivity index is 2.11. The number of carbonyl (C=O) groups is 1. The summed E-state index contributed by atoms with van der Waals surface area (Å²) >= 11 is 0. The number of hydrogen-bond donors (Lipinski definition) is 0. The van der Waals surface area contributed by atoms with E-state index in [-0.39, 0.29) is 18.0 Å². The molecule has 3 rings (SSSR count). The van der Waals surface area contributed by atoms with Crippen molar-refractivity contribution >= 4 is 5.97 Å². The van der Waals surface area contributed by atoms with Gasteiger partial charge in [-0.3, -0.25) is 4.79 Å². The zero-order valence-electron chi connectivity index (χ0n) is 7.58. The second-order valence-electron chi connectivity index (χ2n) is 4.16. The predicted molar refractivity (Wildman–Crippen MR) is 45.6 cm³/mol. The van der Waals surface area contributed by atoms with Crippen LogP contribution in [0.25, 0.3) is 0 Å². The van der Waals surface area contributed by atoms with Crippen LogP contribution in [0, 0.1) is 11.8 Å². The maximum absolute atomic E-state index is 11.4. The maximum atomic E-state index is 11.4. The Morgan fingerprint density at radius 2 is 2.08 bits per heavy atom. The van der Waals surface area contributed by atoms with Gasteiger partial charge in [0.25, 0.3) is 0 Å². The molecule has 68 valence electrons. The van der Waals surface area contributed by atoms with Crippen LogP contribution in [0.3, 0.4) is 0 Å². The number of hydrogen-bond acceptors (Lipinski definition) is 2. The molecule has 3 fully saturated rings. The lowest BCUT2D eigenvalue weighted by atomic mass is 9.82. The summed E-state index contributed by atoms with van der Waals surface area (Å²) in [6.07, 6.45) is 5.88. The average molecular weight is 168 g/mol. The van der Waals surface area contributed by atoms with Crippen LogP contribution in [-0.2, 0) is 9.53 Å². The van der Waals surface area contributed by atoms with Gasteiger partial charge in [-0.15, -0.1) is 0 Å². The molecule has 0 aromatic carbocycles. The van der Waals surface area contributed by atoms with Crippen LogP contribution in [0.15, 0.2) is 0 Å². The number of ether oxygens (including phenoxy) is 1. The smallest absolute Gasteiger partial charge is 0.309 e. The normalized spacial score (nSPS) is 41.8. The van der Waals surface area contributed by atoms with Crippen LogP contribution in [0.4, 0.5) is 0 Å². The molecule has 0 amide bonds. The van der Waals surface area contributed by atoms with Crippen molar-refractivity contribution in [3.63, 3.8) is 0 Å².